The summed E-state index contributed by atoms with van der Waals surface area (Å²) in [7, 11) is 0. The molecule has 0 saturated carbocycles. The fraction of sp³-hybridized carbons (Fsp3) is 0.357. The summed E-state index contributed by atoms with van der Waals surface area (Å²) in [5.41, 5.74) is 6.06. The predicted molar refractivity (Wildman–Crippen MR) is 71.4 cm³/mol. The highest BCUT2D eigenvalue weighted by Crippen LogP contribution is 2.29. The van der Waals surface area contributed by atoms with Crippen LogP contribution in [0.15, 0.2) is 18.2 Å². The van der Waals surface area contributed by atoms with Crippen LogP contribution in [-0.4, -0.2) is 25.2 Å². The number of amides is 1. The molecule has 3 N–H and O–H groups in total. The van der Waals surface area contributed by atoms with Gasteiger partial charge in [0, 0.05) is 11.7 Å². The number of nitrogens with one attached hydrogen (secondary N) is 1. The van der Waals surface area contributed by atoms with Crippen molar-refractivity contribution >= 4 is 11.6 Å². The molecular weight excluding hydrogens is 256 g/mol. The molecule has 0 aliphatic carbocycles. The summed E-state index contributed by atoms with van der Waals surface area (Å²) in [6.07, 6.45) is 0. The monoisotopic (exact) mass is 270 g/mol. The second-order valence-corrected chi connectivity index (χ2v) is 4.98. The van der Waals surface area contributed by atoms with Gasteiger partial charge in [-0.2, -0.15) is 10.5 Å². The summed E-state index contributed by atoms with van der Waals surface area (Å²) in [5.74, 6) is -0.254. The molecule has 0 aromatic heterocycles. The molecule has 0 radical (unpaired) electrons. The van der Waals surface area contributed by atoms with Crippen molar-refractivity contribution in [1.29, 1.82) is 10.5 Å². The smallest absolute Gasteiger partial charge is 0.234 e. The van der Waals surface area contributed by atoms with Crippen LogP contribution in [0, 0.1) is 28.1 Å². The van der Waals surface area contributed by atoms with Crippen molar-refractivity contribution < 1.29 is 9.53 Å². The minimum absolute atomic E-state index is 0.224. The number of rotatable bonds is 2. The number of nitrogens with zero attached hydrogens (tertiary/aromatic N) is 2. The lowest BCUT2D eigenvalue weighted by Gasteiger charge is -2.25. The summed E-state index contributed by atoms with van der Waals surface area (Å²) in [6.45, 7) is 2.36. The largest absolute Gasteiger partial charge is 0.379 e. The molecule has 1 aliphatic heterocycles. The quantitative estimate of drug-likeness (QED) is 0.822. The Morgan fingerprint density at radius 2 is 2.15 bits per heavy atom. The molecule has 0 bridgehead atoms. The van der Waals surface area contributed by atoms with E-state index in [0.29, 0.717) is 12.3 Å². The van der Waals surface area contributed by atoms with Crippen molar-refractivity contribution in [2.45, 2.75) is 13.0 Å². The third kappa shape index (κ3) is 2.35. The third-order valence-electron chi connectivity index (χ3n) is 3.55. The number of hydrogen-bond donors (Lipinski definition) is 2. The normalized spacial score (nSPS) is 24.7. The maximum atomic E-state index is 12.3. The van der Waals surface area contributed by atoms with Crippen molar-refractivity contribution in [3.63, 3.8) is 0 Å². The summed E-state index contributed by atoms with van der Waals surface area (Å²) in [6, 6.07) is 8.04. The lowest BCUT2D eigenvalue weighted by Crippen LogP contribution is -2.47. The van der Waals surface area contributed by atoms with Gasteiger partial charge in [-0.25, -0.2) is 0 Å². The Morgan fingerprint density at radius 1 is 1.45 bits per heavy atom. The van der Waals surface area contributed by atoms with E-state index in [4.69, 9.17) is 21.0 Å². The van der Waals surface area contributed by atoms with E-state index in [0.717, 1.165) is 0 Å². The molecule has 102 valence electrons. The average molecular weight is 270 g/mol. The zero-order valence-corrected chi connectivity index (χ0v) is 11.0. The minimum atomic E-state index is -0.791. The van der Waals surface area contributed by atoms with Gasteiger partial charge in [-0.1, -0.05) is 0 Å². The highest BCUT2D eigenvalue weighted by molar-refractivity contribution is 5.96. The van der Waals surface area contributed by atoms with Gasteiger partial charge in [0.25, 0.3) is 0 Å². The van der Waals surface area contributed by atoms with Gasteiger partial charge < -0.3 is 15.8 Å². The highest BCUT2D eigenvalue weighted by atomic mass is 16.5. The SMILES string of the molecule is CC1(C(=O)Nc2ccc(C#N)c(C#N)c2)COCC1N. The van der Waals surface area contributed by atoms with Gasteiger partial charge >= 0.3 is 0 Å². The van der Waals surface area contributed by atoms with E-state index in [1.165, 1.54) is 12.1 Å². The molecule has 2 unspecified atom stereocenters. The van der Waals surface area contributed by atoms with Crippen LogP contribution in [0.1, 0.15) is 18.1 Å². The number of anilines is 1. The maximum Gasteiger partial charge on any atom is 0.234 e. The van der Waals surface area contributed by atoms with Crippen molar-refractivity contribution in [2.75, 3.05) is 18.5 Å². The first-order valence-electron chi connectivity index (χ1n) is 6.10. The summed E-state index contributed by atoms with van der Waals surface area (Å²) >= 11 is 0. The molecule has 0 spiro atoms. The van der Waals surface area contributed by atoms with Crippen molar-refractivity contribution in [2.24, 2.45) is 11.1 Å². The van der Waals surface area contributed by atoms with Crippen molar-refractivity contribution in [1.82, 2.24) is 0 Å². The van der Waals surface area contributed by atoms with Crippen LogP contribution in [0.25, 0.3) is 0 Å². The van der Waals surface area contributed by atoms with Gasteiger partial charge in [0.05, 0.1) is 29.8 Å². The highest BCUT2D eigenvalue weighted by Gasteiger charge is 2.44. The van der Waals surface area contributed by atoms with Crippen LogP contribution in [0.5, 0.6) is 0 Å². The maximum absolute atomic E-state index is 12.3. The molecule has 1 aliphatic rings. The second kappa shape index (κ2) is 5.30. The Bertz CT molecular complexity index is 629. The van der Waals surface area contributed by atoms with E-state index in [1.54, 1.807) is 13.0 Å². The summed E-state index contributed by atoms with van der Waals surface area (Å²) in [5, 5.41) is 20.5. The first-order valence-corrected chi connectivity index (χ1v) is 6.10. The molecule has 2 rings (SSSR count). The van der Waals surface area contributed by atoms with Crippen LogP contribution < -0.4 is 11.1 Å². The van der Waals surface area contributed by atoms with E-state index in [9.17, 15) is 4.79 Å². The van der Waals surface area contributed by atoms with E-state index in [2.05, 4.69) is 5.32 Å². The zero-order chi connectivity index (χ0) is 14.8. The van der Waals surface area contributed by atoms with Gasteiger partial charge in [-0.3, -0.25) is 4.79 Å². The second-order valence-electron chi connectivity index (χ2n) is 4.98. The van der Waals surface area contributed by atoms with Crippen molar-refractivity contribution in [3.05, 3.63) is 29.3 Å². The molecule has 20 heavy (non-hydrogen) atoms. The molecule has 2 atom stereocenters. The Hall–Kier alpha value is -2.41. The van der Waals surface area contributed by atoms with Crippen molar-refractivity contribution in [3.8, 4) is 12.1 Å². The Labute approximate surface area is 116 Å². The van der Waals surface area contributed by atoms with Crippen LogP contribution in [-0.2, 0) is 9.53 Å². The molecular formula is C14H14N4O2. The number of carbonyl (C=O) groups excluding carboxylic acids is 1. The van der Waals surface area contributed by atoms with Gasteiger partial charge in [0.15, 0.2) is 0 Å². The van der Waals surface area contributed by atoms with Gasteiger partial charge in [-0.15, -0.1) is 0 Å². The number of ether oxygens (including phenoxy) is 1. The van der Waals surface area contributed by atoms with Crippen LogP contribution in [0.4, 0.5) is 5.69 Å². The first-order chi connectivity index (χ1) is 9.51. The van der Waals surface area contributed by atoms with E-state index in [1.807, 2.05) is 12.1 Å². The summed E-state index contributed by atoms with van der Waals surface area (Å²) in [4.78, 5) is 12.3. The van der Waals surface area contributed by atoms with Crippen LogP contribution in [0.3, 0.4) is 0 Å². The zero-order valence-electron chi connectivity index (χ0n) is 11.0. The molecule has 1 aromatic carbocycles. The number of nitrogens with two attached hydrogens (primary N) is 1. The Balaban J connectivity index is 2.21. The Morgan fingerprint density at radius 3 is 2.70 bits per heavy atom. The third-order valence-corrected chi connectivity index (χ3v) is 3.55. The topological polar surface area (TPSA) is 112 Å². The first kappa shape index (κ1) is 14.0. The lowest BCUT2D eigenvalue weighted by atomic mass is 9.85. The predicted octanol–water partition coefficient (Wildman–Crippen LogP) is 0.732. The number of benzene rings is 1. The van der Waals surface area contributed by atoms with Crippen LogP contribution >= 0.6 is 0 Å². The molecule has 1 amide bonds. The lowest BCUT2D eigenvalue weighted by molar-refractivity contribution is -0.125. The molecule has 1 saturated heterocycles. The van der Waals surface area contributed by atoms with Gasteiger partial charge in [-0.05, 0) is 25.1 Å². The minimum Gasteiger partial charge on any atom is -0.379 e. The van der Waals surface area contributed by atoms with E-state index >= 15 is 0 Å². The number of nitriles is 2. The number of hydrogen-bond acceptors (Lipinski definition) is 5. The van der Waals surface area contributed by atoms with E-state index in [-0.39, 0.29) is 29.7 Å². The van der Waals surface area contributed by atoms with Gasteiger partial charge in [0.1, 0.15) is 12.1 Å². The Kier molecular flexibility index (Phi) is 3.71. The molecule has 1 fully saturated rings. The summed E-state index contributed by atoms with van der Waals surface area (Å²) < 4.78 is 5.23. The molecule has 1 heterocycles. The average Bonchev–Trinajstić information content (AvgIpc) is 2.79. The number of carbonyl (C=O) groups is 1. The fourth-order valence-electron chi connectivity index (χ4n) is 2.01. The molecule has 6 nitrogen and oxygen atoms in total. The molecule has 1 aromatic rings. The molecule has 6 heteroatoms. The van der Waals surface area contributed by atoms with Gasteiger partial charge in [0.2, 0.25) is 5.91 Å². The fourth-order valence-corrected chi connectivity index (χ4v) is 2.01. The van der Waals surface area contributed by atoms with E-state index < -0.39 is 5.41 Å². The standard InChI is InChI=1S/C14H14N4O2/c1-14(8-20-7-12(14)17)13(19)18-11-3-2-9(5-15)10(4-11)6-16/h2-4,12H,7-8,17H2,1H3,(H,18,19). The van der Waals surface area contributed by atoms with Crippen LogP contribution in [0.2, 0.25) is 0 Å².